The highest BCUT2D eigenvalue weighted by molar-refractivity contribution is 7.21. The number of benzene rings is 2. The molecule has 0 spiro atoms. The molecular formula is C26H18N4S. The number of pyridine rings is 1. The lowest BCUT2D eigenvalue weighted by atomic mass is 9.91. The Morgan fingerprint density at radius 1 is 0.774 bits per heavy atom. The van der Waals surface area contributed by atoms with Gasteiger partial charge in [0.2, 0.25) is 0 Å². The molecule has 4 heterocycles. The van der Waals surface area contributed by atoms with Crippen molar-refractivity contribution in [1.82, 2.24) is 19.5 Å². The molecule has 1 aliphatic rings. The van der Waals surface area contributed by atoms with Gasteiger partial charge in [-0.1, -0.05) is 30.3 Å². The number of para-hydroxylation sites is 1. The molecule has 1 aliphatic carbocycles. The second kappa shape index (κ2) is 5.77. The lowest BCUT2D eigenvalue weighted by Crippen LogP contribution is -2.15. The van der Waals surface area contributed by atoms with E-state index in [-0.39, 0.29) is 5.41 Å². The molecule has 0 N–H and O–H groups in total. The Labute approximate surface area is 182 Å². The first-order chi connectivity index (χ1) is 15.2. The maximum atomic E-state index is 4.77. The monoisotopic (exact) mass is 418 g/mol. The summed E-state index contributed by atoms with van der Waals surface area (Å²) >= 11 is 1.87. The Hall–Kier alpha value is -3.57. The van der Waals surface area contributed by atoms with Gasteiger partial charge in [0, 0.05) is 56.3 Å². The van der Waals surface area contributed by atoms with E-state index >= 15 is 0 Å². The second-order valence-electron chi connectivity index (χ2n) is 8.57. The van der Waals surface area contributed by atoms with Gasteiger partial charge in [0.25, 0.3) is 0 Å². The SMILES string of the molecule is CC1(C)c2nccnc2-c2c1sc1c2ccc2c3cccnc3n(-c3ccccc3)c21. The van der Waals surface area contributed by atoms with Crippen molar-refractivity contribution in [2.24, 2.45) is 0 Å². The summed E-state index contributed by atoms with van der Waals surface area (Å²) in [6, 6.07) is 19.2. The van der Waals surface area contributed by atoms with Gasteiger partial charge in [-0.15, -0.1) is 11.3 Å². The van der Waals surface area contributed by atoms with Crippen molar-refractivity contribution in [3.05, 3.63) is 83.8 Å². The molecule has 0 atom stereocenters. The Morgan fingerprint density at radius 2 is 1.58 bits per heavy atom. The normalized spacial score (nSPS) is 14.4. The molecule has 0 unspecified atom stereocenters. The lowest BCUT2D eigenvalue weighted by Gasteiger charge is -2.17. The van der Waals surface area contributed by atoms with E-state index in [4.69, 9.17) is 15.0 Å². The highest BCUT2D eigenvalue weighted by atomic mass is 32.1. The largest absolute Gasteiger partial charge is 0.292 e. The van der Waals surface area contributed by atoms with Crippen molar-refractivity contribution in [2.75, 3.05) is 0 Å². The van der Waals surface area contributed by atoms with E-state index < -0.39 is 0 Å². The first kappa shape index (κ1) is 17.1. The molecule has 0 saturated carbocycles. The topological polar surface area (TPSA) is 43.6 Å². The van der Waals surface area contributed by atoms with Gasteiger partial charge in [-0.3, -0.25) is 14.5 Å². The summed E-state index contributed by atoms with van der Waals surface area (Å²) < 4.78 is 3.59. The second-order valence-corrected chi connectivity index (χ2v) is 9.59. The number of hydrogen-bond acceptors (Lipinski definition) is 4. The van der Waals surface area contributed by atoms with Crippen LogP contribution in [-0.4, -0.2) is 19.5 Å². The smallest absolute Gasteiger partial charge is 0.145 e. The van der Waals surface area contributed by atoms with E-state index in [1.165, 1.54) is 36.8 Å². The number of fused-ring (bicyclic) bond motifs is 9. The molecule has 0 fully saturated rings. The molecule has 2 aromatic carbocycles. The van der Waals surface area contributed by atoms with Gasteiger partial charge >= 0.3 is 0 Å². The average molecular weight is 419 g/mol. The summed E-state index contributed by atoms with van der Waals surface area (Å²) in [7, 11) is 0. The molecule has 6 aromatic rings. The molecule has 7 rings (SSSR count). The van der Waals surface area contributed by atoms with Crippen LogP contribution in [0.3, 0.4) is 0 Å². The first-order valence-electron chi connectivity index (χ1n) is 10.4. The molecule has 0 radical (unpaired) electrons. The van der Waals surface area contributed by atoms with Crippen molar-refractivity contribution < 1.29 is 0 Å². The van der Waals surface area contributed by atoms with E-state index in [1.807, 2.05) is 23.6 Å². The van der Waals surface area contributed by atoms with Crippen LogP contribution in [0.25, 0.3) is 49.0 Å². The molecule has 0 amide bonds. The molecule has 4 aromatic heterocycles. The zero-order valence-electron chi connectivity index (χ0n) is 17.1. The van der Waals surface area contributed by atoms with Crippen LogP contribution in [0.15, 0.2) is 73.2 Å². The van der Waals surface area contributed by atoms with Gasteiger partial charge in [-0.25, -0.2) is 4.98 Å². The standard InChI is InChI=1S/C26H18N4S/c1-26(2)23-20(27-13-14-28-23)19-18-11-10-16-17-9-6-12-29-25(17)30(15-7-4-3-5-8-15)21(16)22(18)31-24(19)26/h3-14H,1-2H3. The van der Waals surface area contributed by atoms with Crippen LogP contribution in [0.4, 0.5) is 0 Å². The Bertz CT molecular complexity index is 1660. The van der Waals surface area contributed by atoms with Crippen LogP contribution in [0.2, 0.25) is 0 Å². The van der Waals surface area contributed by atoms with Crippen LogP contribution in [-0.2, 0) is 5.41 Å². The predicted molar refractivity (Wildman–Crippen MR) is 127 cm³/mol. The van der Waals surface area contributed by atoms with E-state index in [2.05, 4.69) is 66.9 Å². The third-order valence-electron chi connectivity index (χ3n) is 6.45. The lowest BCUT2D eigenvalue weighted by molar-refractivity contribution is 0.647. The minimum atomic E-state index is -0.156. The number of aromatic nitrogens is 4. The molecule has 5 heteroatoms. The van der Waals surface area contributed by atoms with E-state index in [0.717, 1.165) is 22.7 Å². The quantitative estimate of drug-likeness (QED) is 0.306. The minimum absolute atomic E-state index is 0.156. The number of hydrogen-bond donors (Lipinski definition) is 0. The zero-order chi connectivity index (χ0) is 20.7. The average Bonchev–Trinajstić information content (AvgIpc) is 3.42. The Balaban J connectivity index is 1.70. The number of nitrogens with zero attached hydrogens (tertiary/aromatic N) is 4. The fraction of sp³-hybridized carbons (Fsp3) is 0.115. The van der Waals surface area contributed by atoms with Crippen LogP contribution in [0.5, 0.6) is 0 Å². The highest BCUT2D eigenvalue weighted by Gasteiger charge is 2.41. The van der Waals surface area contributed by atoms with Crippen molar-refractivity contribution >= 4 is 43.4 Å². The summed E-state index contributed by atoms with van der Waals surface area (Å²) in [6.07, 6.45) is 5.48. The van der Waals surface area contributed by atoms with Crippen molar-refractivity contribution in [3.8, 4) is 16.9 Å². The highest BCUT2D eigenvalue weighted by Crippen LogP contribution is 2.55. The minimum Gasteiger partial charge on any atom is -0.292 e. The Morgan fingerprint density at radius 3 is 2.45 bits per heavy atom. The third kappa shape index (κ3) is 2.06. The van der Waals surface area contributed by atoms with Crippen molar-refractivity contribution in [2.45, 2.75) is 19.3 Å². The van der Waals surface area contributed by atoms with E-state index in [0.29, 0.717) is 0 Å². The fourth-order valence-corrected chi connectivity index (χ4v) is 6.51. The van der Waals surface area contributed by atoms with E-state index in [9.17, 15) is 0 Å². The van der Waals surface area contributed by atoms with Gasteiger partial charge in [-0.05, 0) is 38.1 Å². The van der Waals surface area contributed by atoms with Crippen LogP contribution in [0, 0.1) is 0 Å². The maximum Gasteiger partial charge on any atom is 0.145 e. The third-order valence-corrected chi connectivity index (χ3v) is 7.99. The van der Waals surface area contributed by atoms with Gasteiger partial charge in [0.05, 0.1) is 21.6 Å². The molecule has 4 nitrogen and oxygen atoms in total. The molecule has 31 heavy (non-hydrogen) atoms. The molecular weight excluding hydrogens is 400 g/mol. The summed E-state index contributed by atoms with van der Waals surface area (Å²) in [5, 5.41) is 3.66. The zero-order valence-corrected chi connectivity index (χ0v) is 17.9. The summed E-state index contributed by atoms with van der Waals surface area (Å²) in [5.74, 6) is 0. The summed E-state index contributed by atoms with van der Waals surface area (Å²) in [4.78, 5) is 15.6. The van der Waals surface area contributed by atoms with Crippen LogP contribution < -0.4 is 0 Å². The fourth-order valence-electron chi connectivity index (χ4n) is 5.07. The van der Waals surface area contributed by atoms with Gasteiger partial charge in [-0.2, -0.15) is 0 Å². The Kier molecular flexibility index (Phi) is 3.19. The molecule has 0 aliphatic heterocycles. The number of rotatable bonds is 1. The van der Waals surface area contributed by atoms with Crippen molar-refractivity contribution in [3.63, 3.8) is 0 Å². The predicted octanol–water partition coefficient (Wildman–Crippen LogP) is 6.49. The molecule has 0 bridgehead atoms. The molecule has 0 saturated heterocycles. The van der Waals surface area contributed by atoms with Gasteiger partial charge in [0.15, 0.2) is 0 Å². The van der Waals surface area contributed by atoms with Crippen LogP contribution >= 0.6 is 11.3 Å². The summed E-state index contributed by atoms with van der Waals surface area (Å²) in [6.45, 7) is 4.51. The first-order valence-corrected chi connectivity index (χ1v) is 11.2. The van der Waals surface area contributed by atoms with Crippen LogP contribution in [0.1, 0.15) is 24.4 Å². The summed E-state index contributed by atoms with van der Waals surface area (Å²) in [5.41, 5.74) is 6.52. The van der Waals surface area contributed by atoms with E-state index in [1.54, 1.807) is 12.4 Å². The van der Waals surface area contributed by atoms with Gasteiger partial charge < -0.3 is 0 Å². The maximum absolute atomic E-state index is 4.77. The molecule has 148 valence electrons. The van der Waals surface area contributed by atoms with Crippen molar-refractivity contribution in [1.29, 1.82) is 0 Å². The number of thiophene rings is 1. The van der Waals surface area contributed by atoms with Gasteiger partial charge in [0.1, 0.15) is 5.65 Å².